The van der Waals surface area contributed by atoms with Crippen molar-refractivity contribution in [1.82, 2.24) is 4.98 Å². The lowest BCUT2D eigenvalue weighted by molar-refractivity contribution is 0.501. The van der Waals surface area contributed by atoms with Crippen LogP contribution >= 0.6 is 0 Å². The summed E-state index contributed by atoms with van der Waals surface area (Å²) in [7, 11) is 0. The van der Waals surface area contributed by atoms with Crippen LogP contribution in [0.2, 0.25) is 0 Å². The molecule has 1 rings (SSSR count). The van der Waals surface area contributed by atoms with Gasteiger partial charge in [0.2, 0.25) is 0 Å². The Labute approximate surface area is 49.9 Å². The maximum absolute atomic E-state index is 11.7. The van der Waals surface area contributed by atoms with Gasteiger partial charge in [-0.05, 0) is 12.4 Å². The first-order chi connectivity index (χ1) is 4.11. The van der Waals surface area contributed by atoms with Gasteiger partial charge >= 0.3 is 6.98 Å². The van der Waals surface area contributed by atoms with Gasteiger partial charge < -0.3 is 17.9 Å². The van der Waals surface area contributed by atoms with Crippen LogP contribution in [0.5, 0.6) is 0 Å². The van der Waals surface area contributed by atoms with E-state index in [1.54, 1.807) is 0 Å². The van der Waals surface area contributed by atoms with Crippen molar-refractivity contribution >= 4 is 12.4 Å². The maximum Gasteiger partial charge on any atom is 0.511 e. The first-order valence-electron chi connectivity index (χ1n) is 2.43. The van der Waals surface area contributed by atoms with Crippen molar-refractivity contribution < 1.29 is 12.9 Å². The van der Waals surface area contributed by atoms with E-state index in [0.29, 0.717) is 0 Å². The predicted octanol–water partition coefficient (Wildman–Crippen LogP) is 1.07. The molecular weight excluding hydrogens is 130 g/mol. The number of aromatic amines is 1. The second kappa shape index (κ2) is 1.82. The lowest BCUT2D eigenvalue weighted by Crippen LogP contribution is -2.32. The molecule has 0 saturated heterocycles. The van der Waals surface area contributed by atoms with E-state index in [1.807, 2.05) is 0 Å². The lowest BCUT2D eigenvalue weighted by Gasteiger charge is -2.09. The van der Waals surface area contributed by atoms with Crippen LogP contribution in [0, 0.1) is 0 Å². The highest BCUT2D eigenvalue weighted by atomic mass is 19.4. The smallest absolute Gasteiger partial charge is 0.445 e. The van der Waals surface area contributed by atoms with Crippen LogP contribution in [-0.2, 0) is 0 Å². The van der Waals surface area contributed by atoms with Crippen LogP contribution in [-0.4, -0.2) is 12.0 Å². The first-order valence-corrected chi connectivity index (χ1v) is 2.43. The topological polar surface area (TPSA) is 15.8 Å². The number of aromatic nitrogens is 1. The van der Waals surface area contributed by atoms with Crippen molar-refractivity contribution in [3.8, 4) is 0 Å². The quantitative estimate of drug-likeness (QED) is 0.552. The molecular formula is C4H4BF3N-. The van der Waals surface area contributed by atoms with Gasteiger partial charge in [0.05, 0.1) is 0 Å². The molecule has 1 aromatic heterocycles. The minimum atomic E-state index is -4.80. The van der Waals surface area contributed by atoms with E-state index in [4.69, 9.17) is 0 Å². The Morgan fingerprint density at radius 2 is 2.00 bits per heavy atom. The molecule has 0 saturated carbocycles. The summed E-state index contributed by atoms with van der Waals surface area (Å²) >= 11 is 0. The van der Waals surface area contributed by atoms with Gasteiger partial charge in [0.25, 0.3) is 0 Å². The normalized spacial score (nSPS) is 11.9. The molecule has 0 aliphatic rings. The van der Waals surface area contributed by atoms with Crippen LogP contribution < -0.4 is 5.46 Å². The number of hydrogen-bond donors (Lipinski definition) is 1. The zero-order valence-corrected chi connectivity index (χ0v) is 4.44. The largest absolute Gasteiger partial charge is 0.511 e. The van der Waals surface area contributed by atoms with Crippen LogP contribution in [0.25, 0.3) is 0 Å². The van der Waals surface area contributed by atoms with Crippen LogP contribution in [0.4, 0.5) is 12.9 Å². The maximum atomic E-state index is 11.7. The van der Waals surface area contributed by atoms with Crippen molar-refractivity contribution in [2.24, 2.45) is 0 Å². The highest BCUT2D eigenvalue weighted by Crippen LogP contribution is 2.06. The fraction of sp³-hybridized carbons (Fsp3) is 0. The van der Waals surface area contributed by atoms with Crippen molar-refractivity contribution in [3.05, 3.63) is 18.5 Å². The van der Waals surface area contributed by atoms with E-state index in [2.05, 4.69) is 4.98 Å². The third kappa shape index (κ3) is 1.28. The van der Waals surface area contributed by atoms with Gasteiger partial charge in [0, 0.05) is 0 Å². The fourth-order valence-electron chi connectivity index (χ4n) is 0.540. The standard InChI is InChI=1S/C4H4BF3N/c6-5(7,8)4-1-2-9-3-4/h1-3,9H/q-1. The predicted molar refractivity (Wildman–Crippen MR) is 29.5 cm³/mol. The van der Waals surface area contributed by atoms with Crippen LogP contribution in [0.15, 0.2) is 18.5 Å². The average Bonchev–Trinajstić information content (AvgIpc) is 2.08. The molecule has 0 aromatic carbocycles. The van der Waals surface area contributed by atoms with Gasteiger partial charge in [-0.2, -0.15) is 0 Å². The molecule has 0 atom stereocenters. The summed E-state index contributed by atoms with van der Waals surface area (Å²) in [4.78, 5) is 2.33. The number of rotatable bonds is 1. The molecule has 0 bridgehead atoms. The molecule has 1 N–H and O–H groups in total. The summed E-state index contributed by atoms with van der Waals surface area (Å²) in [5, 5.41) is 0. The van der Waals surface area contributed by atoms with Crippen molar-refractivity contribution in [2.75, 3.05) is 0 Å². The van der Waals surface area contributed by atoms with Gasteiger partial charge in [0.15, 0.2) is 0 Å². The molecule has 1 aromatic rings. The average molecular weight is 134 g/mol. The number of nitrogens with one attached hydrogen (secondary N) is 1. The molecule has 5 heteroatoms. The Bertz CT molecular complexity index is 178. The minimum absolute atomic E-state index is 0.574. The van der Waals surface area contributed by atoms with Crippen molar-refractivity contribution in [3.63, 3.8) is 0 Å². The molecule has 0 fully saturated rings. The summed E-state index contributed by atoms with van der Waals surface area (Å²) in [5.41, 5.74) is -0.574. The number of H-pyrrole nitrogens is 1. The van der Waals surface area contributed by atoms with E-state index >= 15 is 0 Å². The second-order valence-electron chi connectivity index (χ2n) is 1.72. The molecule has 9 heavy (non-hydrogen) atoms. The molecule has 0 amide bonds. The molecule has 0 radical (unpaired) electrons. The molecule has 0 unspecified atom stereocenters. The molecule has 0 aliphatic heterocycles. The third-order valence-corrected chi connectivity index (χ3v) is 1.000. The van der Waals surface area contributed by atoms with Gasteiger partial charge in [-0.25, -0.2) is 0 Å². The molecule has 1 nitrogen and oxygen atoms in total. The number of halogens is 3. The van der Waals surface area contributed by atoms with E-state index in [-0.39, 0.29) is 0 Å². The van der Waals surface area contributed by atoms with E-state index in [9.17, 15) is 12.9 Å². The van der Waals surface area contributed by atoms with E-state index in [0.717, 1.165) is 12.3 Å². The minimum Gasteiger partial charge on any atom is -0.445 e. The fourth-order valence-corrected chi connectivity index (χ4v) is 0.540. The van der Waals surface area contributed by atoms with Gasteiger partial charge in [-0.15, -0.1) is 0 Å². The monoisotopic (exact) mass is 134 g/mol. The summed E-state index contributed by atoms with van der Waals surface area (Å²) < 4.78 is 35.0. The summed E-state index contributed by atoms with van der Waals surface area (Å²) in [5.74, 6) is 0. The molecule has 0 spiro atoms. The van der Waals surface area contributed by atoms with E-state index in [1.165, 1.54) is 6.20 Å². The molecule has 1 heterocycles. The second-order valence-corrected chi connectivity index (χ2v) is 1.72. The molecule has 50 valence electrons. The Kier molecular flexibility index (Phi) is 1.27. The lowest BCUT2D eigenvalue weighted by atomic mass is 9.83. The van der Waals surface area contributed by atoms with Crippen molar-refractivity contribution in [1.29, 1.82) is 0 Å². The highest BCUT2D eigenvalue weighted by Gasteiger charge is 2.25. The van der Waals surface area contributed by atoms with Gasteiger partial charge in [-0.3, -0.25) is 0 Å². The zero-order valence-electron chi connectivity index (χ0n) is 4.44. The first kappa shape index (κ1) is 6.26. The zero-order chi connectivity index (χ0) is 6.91. The Morgan fingerprint density at radius 3 is 2.22 bits per heavy atom. The Morgan fingerprint density at radius 1 is 1.33 bits per heavy atom. The van der Waals surface area contributed by atoms with Gasteiger partial charge in [0.1, 0.15) is 0 Å². The summed E-state index contributed by atoms with van der Waals surface area (Å²) in [6.07, 6.45) is 2.20. The van der Waals surface area contributed by atoms with E-state index < -0.39 is 12.4 Å². The number of hydrogen-bond acceptors (Lipinski definition) is 0. The summed E-state index contributed by atoms with van der Waals surface area (Å²) in [6, 6.07) is 1.01. The SMILES string of the molecule is F[B-](F)(F)c1cc[nH]c1. The highest BCUT2D eigenvalue weighted by molar-refractivity contribution is 6.73. The van der Waals surface area contributed by atoms with Crippen LogP contribution in [0.1, 0.15) is 0 Å². The van der Waals surface area contributed by atoms with Crippen LogP contribution in [0.3, 0.4) is 0 Å². The Hall–Kier alpha value is -0.865. The third-order valence-electron chi connectivity index (χ3n) is 1.000. The van der Waals surface area contributed by atoms with Crippen molar-refractivity contribution in [2.45, 2.75) is 0 Å². The van der Waals surface area contributed by atoms with Gasteiger partial charge in [-0.1, -0.05) is 11.5 Å². The molecule has 0 aliphatic carbocycles. The summed E-state index contributed by atoms with van der Waals surface area (Å²) in [6.45, 7) is -4.80. The Balaban J connectivity index is 2.90.